The fourth-order valence-electron chi connectivity index (χ4n) is 1.81. The fourth-order valence-corrected chi connectivity index (χ4v) is 1.81. The summed E-state index contributed by atoms with van der Waals surface area (Å²) in [5, 5.41) is 3.98. The third kappa shape index (κ3) is 4.21. The van der Waals surface area contributed by atoms with Crippen LogP contribution in [0.25, 0.3) is 0 Å². The van der Waals surface area contributed by atoms with Crippen LogP contribution in [0.2, 0.25) is 0 Å². The van der Waals surface area contributed by atoms with Gasteiger partial charge in [-0.3, -0.25) is 14.8 Å². The van der Waals surface area contributed by atoms with E-state index in [4.69, 9.17) is 0 Å². The van der Waals surface area contributed by atoms with Gasteiger partial charge >= 0.3 is 0 Å². The molecule has 1 amide bonds. The molecule has 0 spiro atoms. The molecule has 0 aliphatic heterocycles. The molecule has 108 valence electrons. The molecule has 0 bridgehead atoms. The molecule has 0 saturated carbocycles. The fraction of sp³-hybridized carbons (Fsp3) is 0.250. The topological polar surface area (TPSA) is 67.2 Å². The molecule has 0 unspecified atom stereocenters. The van der Waals surface area contributed by atoms with Crippen LogP contribution in [0.4, 0.5) is 0 Å². The van der Waals surface area contributed by atoms with Crippen LogP contribution >= 0.6 is 0 Å². The van der Waals surface area contributed by atoms with Gasteiger partial charge in [-0.15, -0.1) is 0 Å². The molecule has 21 heavy (non-hydrogen) atoms. The maximum atomic E-state index is 12.0. The number of hydrogen-bond donors (Lipinski definition) is 1. The first-order chi connectivity index (χ1) is 10.2. The molecule has 2 aromatic heterocycles. The first-order valence-electron chi connectivity index (χ1n) is 6.96. The third-order valence-corrected chi connectivity index (χ3v) is 3.02. The number of aromatic nitrogens is 2. The predicted molar refractivity (Wildman–Crippen MR) is 82.3 cm³/mol. The van der Waals surface area contributed by atoms with Gasteiger partial charge in [0.1, 0.15) is 0 Å². The summed E-state index contributed by atoms with van der Waals surface area (Å²) in [5.41, 5.74) is 5.86. The standard InChI is InChI=1S/C16H18N4O/c1-3-14-9-12(5-7-17-14)11-19-20-16(21)13-6-8-18-15(4-2)10-13/h5-11H,3-4H2,1-2H3,(H,20,21). The van der Waals surface area contributed by atoms with Crippen LogP contribution < -0.4 is 5.43 Å². The average Bonchev–Trinajstić information content (AvgIpc) is 2.55. The van der Waals surface area contributed by atoms with Crippen molar-refractivity contribution in [1.29, 1.82) is 0 Å². The second kappa shape index (κ2) is 7.28. The Hall–Kier alpha value is -2.56. The molecule has 0 radical (unpaired) electrons. The van der Waals surface area contributed by atoms with Crippen molar-refractivity contribution in [1.82, 2.24) is 15.4 Å². The van der Waals surface area contributed by atoms with Gasteiger partial charge in [-0.1, -0.05) is 13.8 Å². The van der Waals surface area contributed by atoms with Crippen molar-refractivity contribution in [2.24, 2.45) is 5.10 Å². The van der Waals surface area contributed by atoms with Gasteiger partial charge in [0.05, 0.1) is 6.21 Å². The minimum absolute atomic E-state index is 0.242. The summed E-state index contributed by atoms with van der Waals surface area (Å²) < 4.78 is 0. The SMILES string of the molecule is CCc1cc(C=NNC(=O)c2ccnc(CC)c2)ccn1. The van der Waals surface area contributed by atoms with Gasteiger partial charge < -0.3 is 0 Å². The van der Waals surface area contributed by atoms with Crippen molar-refractivity contribution in [3.8, 4) is 0 Å². The van der Waals surface area contributed by atoms with Gasteiger partial charge in [-0.05, 0) is 42.7 Å². The molecule has 5 heteroatoms. The van der Waals surface area contributed by atoms with E-state index in [1.54, 1.807) is 30.7 Å². The van der Waals surface area contributed by atoms with Crippen LogP contribution in [-0.2, 0) is 12.8 Å². The summed E-state index contributed by atoms with van der Waals surface area (Å²) in [6, 6.07) is 7.23. The molecular formula is C16H18N4O. The summed E-state index contributed by atoms with van der Waals surface area (Å²) >= 11 is 0. The van der Waals surface area contributed by atoms with Gasteiger partial charge in [0.15, 0.2) is 0 Å². The molecule has 0 saturated heterocycles. The molecular weight excluding hydrogens is 264 g/mol. The van der Waals surface area contributed by atoms with Crippen molar-refractivity contribution in [2.75, 3.05) is 0 Å². The van der Waals surface area contributed by atoms with Crippen LogP contribution in [0.1, 0.15) is 41.2 Å². The van der Waals surface area contributed by atoms with E-state index in [-0.39, 0.29) is 5.91 Å². The predicted octanol–water partition coefficient (Wildman–Crippen LogP) is 2.37. The highest BCUT2D eigenvalue weighted by atomic mass is 16.2. The van der Waals surface area contributed by atoms with Crippen LogP contribution in [0.15, 0.2) is 41.8 Å². The Morgan fingerprint density at radius 3 is 2.52 bits per heavy atom. The monoisotopic (exact) mass is 282 g/mol. The summed E-state index contributed by atoms with van der Waals surface area (Å²) in [4.78, 5) is 20.3. The van der Waals surface area contributed by atoms with Gasteiger partial charge in [0.25, 0.3) is 5.91 Å². The second-order valence-corrected chi connectivity index (χ2v) is 4.52. The lowest BCUT2D eigenvalue weighted by molar-refractivity contribution is 0.0955. The number of carbonyl (C=O) groups is 1. The molecule has 2 rings (SSSR count). The Bertz CT molecular complexity index is 652. The molecule has 0 fully saturated rings. The number of rotatable bonds is 5. The maximum Gasteiger partial charge on any atom is 0.271 e. The van der Waals surface area contributed by atoms with E-state index in [0.29, 0.717) is 5.56 Å². The first kappa shape index (κ1) is 14.8. The molecule has 0 aliphatic carbocycles. The lowest BCUT2D eigenvalue weighted by Crippen LogP contribution is -2.18. The minimum Gasteiger partial charge on any atom is -0.267 e. The van der Waals surface area contributed by atoms with E-state index in [1.165, 1.54) is 0 Å². The van der Waals surface area contributed by atoms with Crippen LogP contribution in [0, 0.1) is 0 Å². The first-order valence-corrected chi connectivity index (χ1v) is 6.96. The number of nitrogens with one attached hydrogen (secondary N) is 1. The Labute approximate surface area is 124 Å². The summed E-state index contributed by atoms with van der Waals surface area (Å²) in [5.74, 6) is -0.242. The van der Waals surface area contributed by atoms with E-state index in [0.717, 1.165) is 29.8 Å². The average molecular weight is 282 g/mol. The van der Waals surface area contributed by atoms with Gasteiger partial charge in [0.2, 0.25) is 0 Å². The van der Waals surface area contributed by atoms with Crippen molar-refractivity contribution in [3.63, 3.8) is 0 Å². The summed E-state index contributed by atoms with van der Waals surface area (Å²) in [7, 11) is 0. The number of hydrogen-bond acceptors (Lipinski definition) is 4. The Morgan fingerprint density at radius 2 is 1.81 bits per heavy atom. The van der Waals surface area contributed by atoms with E-state index in [1.807, 2.05) is 26.0 Å². The zero-order valence-electron chi connectivity index (χ0n) is 12.2. The normalized spacial score (nSPS) is 10.8. The number of nitrogens with zero attached hydrogens (tertiary/aromatic N) is 3. The Kier molecular flexibility index (Phi) is 5.15. The highest BCUT2D eigenvalue weighted by Gasteiger charge is 2.04. The van der Waals surface area contributed by atoms with Crippen molar-refractivity contribution in [3.05, 3.63) is 59.2 Å². The number of amides is 1. The summed E-state index contributed by atoms with van der Waals surface area (Å²) in [6.45, 7) is 4.04. The Balaban J connectivity index is 2.01. The van der Waals surface area contributed by atoms with Crippen molar-refractivity contribution >= 4 is 12.1 Å². The number of hydrazone groups is 1. The van der Waals surface area contributed by atoms with E-state index >= 15 is 0 Å². The molecule has 1 N–H and O–H groups in total. The quantitative estimate of drug-likeness (QED) is 0.676. The smallest absolute Gasteiger partial charge is 0.267 e. The molecule has 0 atom stereocenters. The lowest BCUT2D eigenvalue weighted by Gasteiger charge is -2.02. The largest absolute Gasteiger partial charge is 0.271 e. The van der Waals surface area contributed by atoms with Crippen molar-refractivity contribution < 1.29 is 4.79 Å². The zero-order valence-corrected chi connectivity index (χ0v) is 12.2. The van der Waals surface area contributed by atoms with Gasteiger partial charge in [-0.2, -0.15) is 5.10 Å². The van der Waals surface area contributed by atoms with E-state index in [9.17, 15) is 4.79 Å². The van der Waals surface area contributed by atoms with Gasteiger partial charge in [-0.25, -0.2) is 5.43 Å². The molecule has 5 nitrogen and oxygen atoms in total. The minimum atomic E-state index is -0.242. The number of aryl methyl sites for hydroxylation is 2. The van der Waals surface area contributed by atoms with E-state index in [2.05, 4.69) is 20.5 Å². The lowest BCUT2D eigenvalue weighted by atomic mass is 10.2. The third-order valence-electron chi connectivity index (χ3n) is 3.02. The highest BCUT2D eigenvalue weighted by Crippen LogP contribution is 2.03. The molecule has 0 aliphatic rings. The molecule has 2 heterocycles. The summed E-state index contributed by atoms with van der Waals surface area (Å²) in [6.07, 6.45) is 6.64. The zero-order chi connectivity index (χ0) is 15.1. The van der Waals surface area contributed by atoms with Gasteiger partial charge in [0, 0.05) is 29.3 Å². The number of carbonyl (C=O) groups excluding carboxylic acids is 1. The van der Waals surface area contributed by atoms with Crippen LogP contribution in [-0.4, -0.2) is 22.1 Å². The Morgan fingerprint density at radius 1 is 1.14 bits per heavy atom. The molecule has 2 aromatic rings. The van der Waals surface area contributed by atoms with Crippen LogP contribution in [0.3, 0.4) is 0 Å². The highest BCUT2D eigenvalue weighted by molar-refractivity contribution is 5.94. The van der Waals surface area contributed by atoms with E-state index < -0.39 is 0 Å². The molecule has 0 aromatic carbocycles. The maximum absolute atomic E-state index is 12.0. The number of pyridine rings is 2. The van der Waals surface area contributed by atoms with Crippen molar-refractivity contribution in [2.45, 2.75) is 26.7 Å². The second-order valence-electron chi connectivity index (χ2n) is 4.52. The van der Waals surface area contributed by atoms with Crippen LogP contribution in [0.5, 0.6) is 0 Å².